The number of nitro groups is 1. The number of hydrogen-bond acceptors (Lipinski definition) is 5. The zero-order chi connectivity index (χ0) is 21.8. The lowest BCUT2D eigenvalue weighted by molar-refractivity contribution is -0.384. The molecule has 1 N–H and O–H groups in total. The van der Waals surface area contributed by atoms with Gasteiger partial charge in [0.25, 0.3) is 11.6 Å². The number of non-ortho nitro benzene ring substituents is 1. The zero-order valence-electron chi connectivity index (χ0n) is 16.5. The van der Waals surface area contributed by atoms with E-state index in [1.54, 1.807) is 24.3 Å². The van der Waals surface area contributed by atoms with E-state index >= 15 is 0 Å². The van der Waals surface area contributed by atoms with Gasteiger partial charge in [-0.2, -0.15) is 5.26 Å². The van der Waals surface area contributed by atoms with Gasteiger partial charge in [-0.25, -0.2) is 0 Å². The molecule has 1 heterocycles. The normalized spacial score (nSPS) is 14.5. The number of nitriles is 1. The van der Waals surface area contributed by atoms with Gasteiger partial charge in [-0.15, -0.1) is 0 Å². The molecule has 0 bridgehead atoms. The van der Waals surface area contributed by atoms with Crippen molar-refractivity contribution in [1.29, 1.82) is 5.26 Å². The third-order valence-electron chi connectivity index (χ3n) is 5.16. The maximum absolute atomic E-state index is 12.8. The Balaban J connectivity index is 1.53. The molecule has 1 aromatic heterocycles. The van der Waals surface area contributed by atoms with Crippen LogP contribution in [0.15, 0.2) is 76.7 Å². The van der Waals surface area contributed by atoms with Crippen molar-refractivity contribution in [1.82, 2.24) is 5.32 Å². The van der Waals surface area contributed by atoms with Crippen molar-refractivity contribution in [2.75, 3.05) is 0 Å². The lowest BCUT2D eigenvalue weighted by Crippen LogP contribution is -2.30. The highest BCUT2D eigenvalue weighted by atomic mass is 16.6. The van der Waals surface area contributed by atoms with Gasteiger partial charge in [-0.1, -0.05) is 42.5 Å². The average molecular weight is 413 g/mol. The summed E-state index contributed by atoms with van der Waals surface area (Å²) >= 11 is 0. The molecule has 1 aliphatic rings. The Kier molecular flexibility index (Phi) is 5.63. The summed E-state index contributed by atoms with van der Waals surface area (Å²) in [4.78, 5) is 23.3. The molecular formula is C24H19N3O4. The SMILES string of the molecule is N#C/C(=C\c1ccc(-c2cccc([N+](=O)[O-])c2)o1)C(=O)NC(c1ccccc1)C1CC1. The van der Waals surface area contributed by atoms with Crippen LogP contribution in [-0.4, -0.2) is 10.8 Å². The molecule has 4 rings (SSSR count). The van der Waals surface area contributed by atoms with Crippen molar-refractivity contribution < 1.29 is 14.1 Å². The van der Waals surface area contributed by atoms with Crippen LogP contribution in [0.3, 0.4) is 0 Å². The van der Waals surface area contributed by atoms with E-state index in [9.17, 15) is 20.2 Å². The second kappa shape index (κ2) is 8.67. The number of furan rings is 1. The third kappa shape index (κ3) is 4.70. The van der Waals surface area contributed by atoms with E-state index < -0.39 is 10.8 Å². The number of rotatable bonds is 7. The van der Waals surface area contributed by atoms with Crippen molar-refractivity contribution in [3.05, 3.63) is 93.7 Å². The lowest BCUT2D eigenvalue weighted by Gasteiger charge is -2.18. The summed E-state index contributed by atoms with van der Waals surface area (Å²) in [5.74, 6) is 0.635. The number of amides is 1. The number of benzene rings is 2. The minimum atomic E-state index is -0.478. The first-order chi connectivity index (χ1) is 15.0. The van der Waals surface area contributed by atoms with Crippen LogP contribution in [0.1, 0.15) is 30.2 Å². The van der Waals surface area contributed by atoms with Crippen LogP contribution in [0.5, 0.6) is 0 Å². The largest absolute Gasteiger partial charge is 0.457 e. The molecule has 1 saturated carbocycles. The Labute approximate surface area is 178 Å². The van der Waals surface area contributed by atoms with Crippen LogP contribution in [0.25, 0.3) is 17.4 Å². The van der Waals surface area contributed by atoms with Crippen LogP contribution in [0, 0.1) is 27.4 Å². The predicted octanol–water partition coefficient (Wildman–Crippen LogP) is 5.03. The molecule has 7 heteroatoms. The Hall–Kier alpha value is -4.18. The Morgan fingerprint density at radius 1 is 1.16 bits per heavy atom. The highest BCUT2D eigenvalue weighted by Gasteiger charge is 2.33. The van der Waals surface area contributed by atoms with E-state index in [2.05, 4.69) is 5.32 Å². The topological polar surface area (TPSA) is 109 Å². The molecule has 1 atom stereocenters. The van der Waals surface area contributed by atoms with Crippen molar-refractivity contribution in [3.8, 4) is 17.4 Å². The Bertz CT molecular complexity index is 1190. The molecule has 3 aromatic rings. The summed E-state index contributed by atoms with van der Waals surface area (Å²) in [5.41, 5.74) is 1.44. The van der Waals surface area contributed by atoms with Crippen LogP contribution >= 0.6 is 0 Å². The van der Waals surface area contributed by atoms with E-state index in [0.29, 0.717) is 23.0 Å². The highest BCUT2D eigenvalue weighted by molar-refractivity contribution is 6.01. The smallest absolute Gasteiger partial charge is 0.270 e. The summed E-state index contributed by atoms with van der Waals surface area (Å²) in [5, 5.41) is 23.5. The summed E-state index contributed by atoms with van der Waals surface area (Å²) in [6, 6.07) is 20.9. The standard InChI is InChI=1S/C24H19N3O4/c25-15-19(24(28)26-23(17-9-10-17)16-5-2-1-3-6-16)14-21-11-12-22(31-21)18-7-4-8-20(13-18)27(29)30/h1-8,11-14,17,23H,9-10H2,(H,26,28)/b19-14+. The molecule has 1 amide bonds. The van der Waals surface area contributed by atoms with Crippen LogP contribution < -0.4 is 5.32 Å². The van der Waals surface area contributed by atoms with E-state index in [1.165, 1.54) is 18.2 Å². The van der Waals surface area contributed by atoms with Crippen molar-refractivity contribution in [2.45, 2.75) is 18.9 Å². The van der Waals surface area contributed by atoms with E-state index in [0.717, 1.165) is 18.4 Å². The molecule has 0 spiro atoms. The minimum absolute atomic E-state index is 0.0462. The van der Waals surface area contributed by atoms with Crippen molar-refractivity contribution in [3.63, 3.8) is 0 Å². The number of nitro benzene ring substituents is 1. The van der Waals surface area contributed by atoms with Gasteiger partial charge in [-0.3, -0.25) is 14.9 Å². The number of nitrogens with one attached hydrogen (secondary N) is 1. The van der Waals surface area contributed by atoms with Crippen LogP contribution in [0.4, 0.5) is 5.69 Å². The fraction of sp³-hybridized carbons (Fsp3) is 0.167. The second-order valence-corrected chi connectivity index (χ2v) is 7.38. The van der Waals surface area contributed by atoms with Gasteiger partial charge in [0.2, 0.25) is 0 Å². The fourth-order valence-electron chi connectivity index (χ4n) is 3.43. The first-order valence-electron chi connectivity index (χ1n) is 9.87. The van der Waals surface area contributed by atoms with Crippen LogP contribution in [-0.2, 0) is 4.79 Å². The molecule has 1 unspecified atom stereocenters. The summed E-state index contributed by atoms with van der Waals surface area (Å²) in [6.45, 7) is 0. The number of hydrogen-bond donors (Lipinski definition) is 1. The molecule has 7 nitrogen and oxygen atoms in total. The highest BCUT2D eigenvalue weighted by Crippen LogP contribution is 2.41. The molecular weight excluding hydrogens is 394 g/mol. The molecule has 0 radical (unpaired) electrons. The molecule has 1 aliphatic carbocycles. The van der Waals surface area contributed by atoms with Crippen molar-refractivity contribution in [2.24, 2.45) is 5.92 Å². The third-order valence-corrected chi connectivity index (χ3v) is 5.16. The first-order valence-corrected chi connectivity index (χ1v) is 9.87. The van der Waals surface area contributed by atoms with Gasteiger partial charge in [0, 0.05) is 23.8 Å². The molecule has 0 saturated heterocycles. The molecule has 1 fully saturated rings. The summed E-state index contributed by atoms with van der Waals surface area (Å²) in [6.07, 6.45) is 3.46. The summed E-state index contributed by atoms with van der Waals surface area (Å²) < 4.78 is 5.71. The van der Waals surface area contributed by atoms with E-state index in [1.807, 2.05) is 36.4 Å². The monoisotopic (exact) mass is 413 g/mol. The van der Waals surface area contributed by atoms with Gasteiger partial charge < -0.3 is 9.73 Å². The molecule has 154 valence electrons. The van der Waals surface area contributed by atoms with E-state index in [-0.39, 0.29) is 17.3 Å². The van der Waals surface area contributed by atoms with Gasteiger partial charge in [-0.05, 0) is 36.5 Å². The maximum atomic E-state index is 12.8. The maximum Gasteiger partial charge on any atom is 0.270 e. The molecule has 31 heavy (non-hydrogen) atoms. The lowest BCUT2D eigenvalue weighted by atomic mass is 10.0. The average Bonchev–Trinajstić information content (AvgIpc) is 3.53. The van der Waals surface area contributed by atoms with Crippen molar-refractivity contribution >= 4 is 17.7 Å². The fourth-order valence-corrected chi connectivity index (χ4v) is 3.43. The van der Waals surface area contributed by atoms with Gasteiger partial charge in [0.15, 0.2) is 0 Å². The second-order valence-electron chi connectivity index (χ2n) is 7.38. The molecule has 0 aliphatic heterocycles. The van der Waals surface area contributed by atoms with Gasteiger partial charge in [0.05, 0.1) is 11.0 Å². The first kappa shape index (κ1) is 20.1. The minimum Gasteiger partial charge on any atom is -0.457 e. The molecule has 2 aromatic carbocycles. The zero-order valence-corrected chi connectivity index (χ0v) is 16.5. The van der Waals surface area contributed by atoms with E-state index in [4.69, 9.17) is 4.42 Å². The number of nitrogens with zero attached hydrogens (tertiary/aromatic N) is 2. The quantitative estimate of drug-likeness (QED) is 0.253. The van der Waals surface area contributed by atoms with Gasteiger partial charge in [0.1, 0.15) is 23.2 Å². The Morgan fingerprint density at radius 2 is 1.94 bits per heavy atom. The predicted molar refractivity (Wildman–Crippen MR) is 114 cm³/mol. The van der Waals surface area contributed by atoms with Gasteiger partial charge >= 0.3 is 0 Å². The summed E-state index contributed by atoms with van der Waals surface area (Å²) in [7, 11) is 0. The number of carbonyl (C=O) groups excluding carboxylic acids is 1. The van der Waals surface area contributed by atoms with Crippen LogP contribution in [0.2, 0.25) is 0 Å². The Morgan fingerprint density at radius 3 is 2.61 bits per heavy atom. The number of carbonyl (C=O) groups is 1.